The van der Waals surface area contributed by atoms with Crippen LogP contribution in [0.4, 0.5) is 0 Å². The van der Waals surface area contributed by atoms with Crippen LogP contribution < -0.4 is 5.32 Å². The zero-order valence-corrected chi connectivity index (χ0v) is 12.8. The first-order chi connectivity index (χ1) is 10.2. The summed E-state index contributed by atoms with van der Waals surface area (Å²) in [6.07, 6.45) is 0. The van der Waals surface area contributed by atoms with Crippen molar-refractivity contribution in [2.24, 2.45) is 0 Å². The Kier molecular flexibility index (Phi) is 3.80. The number of hydrogen-bond acceptors (Lipinski definition) is 2. The number of furan rings is 1. The zero-order valence-electron chi connectivity index (χ0n) is 12.8. The molecule has 2 heteroatoms. The third-order valence-electron chi connectivity index (χ3n) is 4.14. The Labute approximate surface area is 125 Å². The molecule has 1 heterocycles. The van der Waals surface area contributed by atoms with Crippen LogP contribution in [0.25, 0.3) is 11.0 Å². The van der Waals surface area contributed by atoms with Crippen molar-refractivity contribution in [1.29, 1.82) is 0 Å². The fourth-order valence-electron chi connectivity index (χ4n) is 2.88. The molecule has 0 fully saturated rings. The normalized spacial score (nSPS) is 12.7. The van der Waals surface area contributed by atoms with Gasteiger partial charge >= 0.3 is 0 Å². The fraction of sp³-hybridized carbons (Fsp3) is 0.263. The van der Waals surface area contributed by atoms with E-state index in [1.54, 1.807) is 0 Å². The summed E-state index contributed by atoms with van der Waals surface area (Å²) in [5.41, 5.74) is 4.90. The second-order valence-corrected chi connectivity index (χ2v) is 5.59. The number of para-hydroxylation sites is 1. The van der Waals surface area contributed by atoms with Crippen molar-refractivity contribution < 1.29 is 4.42 Å². The Hall–Kier alpha value is -2.06. The van der Waals surface area contributed by atoms with E-state index in [1.165, 1.54) is 22.1 Å². The Morgan fingerprint density at radius 3 is 2.52 bits per heavy atom. The van der Waals surface area contributed by atoms with E-state index in [4.69, 9.17) is 4.42 Å². The molecule has 0 aliphatic heterocycles. The summed E-state index contributed by atoms with van der Waals surface area (Å²) in [5, 5.41) is 4.82. The van der Waals surface area contributed by atoms with Gasteiger partial charge in [-0.1, -0.05) is 42.5 Å². The highest BCUT2D eigenvalue weighted by molar-refractivity contribution is 5.82. The van der Waals surface area contributed by atoms with E-state index in [9.17, 15) is 0 Å². The molecule has 0 spiro atoms. The van der Waals surface area contributed by atoms with Gasteiger partial charge < -0.3 is 9.73 Å². The van der Waals surface area contributed by atoms with Crippen LogP contribution in [0.5, 0.6) is 0 Å². The molecule has 1 N–H and O–H groups in total. The third-order valence-corrected chi connectivity index (χ3v) is 4.14. The molecule has 108 valence electrons. The Morgan fingerprint density at radius 2 is 1.71 bits per heavy atom. The maximum atomic E-state index is 5.82. The smallest absolute Gasteiger partial charge is 0.134 e. The van der Waals surface area contributed by atoms with E-state index < -0.39 is 0 Å². The Bertz CT molecular complexity index is 757. The second-order valence-electron chi connectivity index (χ2n) is 5.59. The van der Waals surface area contributed by atoms with Gasteiger partial charge in [0.1, 0.15) is 11.3 Å². The quantitative estimate of drug-likeness (QED) is 0.734. The molecule has 3 rings (SSSR count). The van der Waals surface area contributed by atoms with Crippen molar-refractivity contribution in [2.75, 3.05) is 0 Å². The number of hydrogen-bond donors (Lipinski definition) is 1. The van der Waals surface area contributed by atoms with Crippen LogP contribution >= 0.6 is 0 Å². The van der Waals surface area contributed by atoms with E-state index >= 15 is 0 Å². The minimum absolute atomic E-state index is 0.319. The monoisotopic (exact) mass is 279 g/mol. The molecule has 2 aromatic carbocycles. The molecule has 1 atom stereocenters. The highest BCUT2D eigenvalue weighted by Gasteiger charge is 2.12. The fourth-order valence-corrected chi connectivity index (χ4v) is 2.88. The lowest BCUT2D eigenvalue weighted by Gasteiger charge is -2.16. The minimum atomic E-state index is 0.319. The zero-order chi connectivity index (χ0) is 14.8. The van der Waals surface area contributed by atoms with Crippen molar-refractivity contribution in [3.8, 4) is 0 Å². The van der Waals surface area contributed by atoms with Crippen molar-refractivity contribution >= 4 is 11.0 Å². The summed E-state index contributed by atoms with van der Waals surface area (Å²) in [7, 11) is 0. The predicted octanol–water partition coefficient (Wildman–Crippen LogP) is 4.90. The topological polar surface area (TPSA) is 25.2 Å². The van der Waals surface area contributed by atoms with Crippen LogP contribution in [0.2, 0.25) is 0 Å². The molecule has 21 heavy (non-hydrogen) atoms. The average Bonchev–Trinajstić information content (AvgIpc) is 2.81. The molecule has 1 aromatic heterocycles. The third kappa shape index (κ3) is 2.72. The maximum absolute atomic E-state index is 5.82. The van der Waals surface area contributed by atoms with E-state index in [-0.39, 0.29) is 0 Å². The number of nitrogens with one attached hydrogen (secondary N) is 1. The highest BCUT2D eigenvalue weighted by atomic mass is 16.3. The lowest BCUT2D eigenvalue weighted by Crippen LogP contribution is -2.19. The Balaban J connectivity index is 1.81. The molecule has 0 aliphatic carbocycles. The van der Waals surface area contributed by atoms with E-state index in [1.807, 2.05) is 19.1 Å². The SMILES string of the molecule is Cc1ccccc1[C@H](C)NCc1c(C)oc2ccccc12. The number of aryl methyl sites for hydroxylation is 2. The molecule has 0 aliphatic rings. The number of rotatable bonds is 4. The second kappa shape index (κ2) is 5.74. The number of fused-ring (bicyclic) bond motifs is 1. The molecule has 3 aromatic rings. The first kappa shape index (κ1) is 13.9. The van der Waals surface area contributed by atoms with Crippen molar-refractivity contribution in [2.45, 2.75) is 33.4 Å². The van der Waals surface area contributed by atoms with Crippen molar-refractivity contribution in [1.82, 2.24) is 5.32 Å². The first-order valence-electron chi connectivity index (χ1n) is 7.42. The molecular formula is C19H21NO. The summed E-state index contributed by atoms with van der Waals surface area (Å²) in [6, 6.07) is 17.1. The average molecular weight is 279 g/mol. The summed E-state index contributed by atoms with van der Waals surface area (Å²) < 4.78 is 5.82. The van der Waals surface area contributed by atoms with Crippen LogP contribution in [-0.2, 0) is 6.54 Å². The summed E-state index contributed by atoms with van der Waals surface area (Å²) in [6.45, 7) is 7.22. The van der Waals surface area contributed by atoms with Crippen LogP contribution in [0.15, 0.2) is 52.9 Å². The van der Waals surface area contributed by atoms with Gasteiger partial charge in [-0.25, -0.2) is 0 Å². The lowest BCUT2D eigenvalue weighted by molar-refractivity contribution is 0.543. The van der Waals surface area contributed by atoms with Crippen LogP contribution in [0.1, 0.15) is 35.4 Å². The van der Waals surface area contributed by atoms with E-state index in [2.05, 4.69) is 55.6 Å². The predicted molar refractivity (Wildman–Crippen MR) is 87.4 cm³/mol. The number of benzene rings is 2. The van der Waals surface area contributed by atoms with E-state index in [0.29, 0.717) is 6.04 Å². The van der Waals surface area contributed by atoms with Gasteiger partial charge in [0.2, 0.25) is 0 Å². The largest absolute Gasteiger partial charge is 0.461 e. The summed E-state index contributed by atoms with van der Waals surface area (Å²) in [4.78, 5) is 0. The molecule has 2 nitrogen and oxygen atoms in total. The van der Waals surface area contributed by atoms with E-state index in [0.717, 1.165) is 17.9 Å². The van der Waals surface area contributed by atoms with Gasteiger partial charge in [0.05, 0.1) is 0 Å². The van der Waals surface area contributed by atoms with Crippen molar-refractivity contribution in [3.05, 3.63) is 71.0 Å². The molecular weight excluding hydrogens is 258 g/mol. The highest BCUT2D eigenvalue weighted by Crippen LogP contribution is 2.26. The molecule has 0 unspecified atom stereocenters. The lowest BCUT2D eigenvalue weighted by atomic mass is 10.0. The molecule has 0 bridgehead atoms. The summed E-state index contributed by atoms with van der Waals surface area (Å²) in [5.74, 6) is 1.00. The molecule has 0 saturated carbocycles. The van der Waals surface area contributed by atoms with Gasteiger partial charge in [-0.2, -0.15) is 0 Å². The van der Waals surface area contributed by atoms with Crippen LogP contribution in [0.3, 0.4) is 0 Å². The molecule has 0 radical (unpaired) electrons. The standard InChI is InChI=1S/C19H21NO/c1-13-8-4-5-9-16(13)14(2)20-12-18-15(3)21-19-11-7-6-10-17(18)19/h4-11,14,20H,12H2,1-3H3/t14-/m0/s1. The minimum Gasteiger partial charge on any atom is -0.461 e. The van der Waals surface area contributed by atoms with Gasteiger partial charge in [-0.15, -0.1) is 0 Å². The first-order valence-corrected chi connectivity index (χ1v) is 7.42. The van der Waals surface area contributed by atoms with Gasteiger partial charge in [-0.3, -0.25) is 0 Å². The van der Waals surface area contributed by atoms with Gasteiger partial charge in [0.25, 0.3) is 0 Å². The summed E-state index contributed by atoms with van der Waals surface area (Å²) >= 11 is 0. The Morgan fingerprint density at radius 1 is 1.00 bits per heavy atom. The maximum Gasteiger partial charge on any atom is 0.134 e. The van der Waals surface area contributed by atoms with Crippen molar-refractivity contribution in [3.63, 3.8) is 0 Å². The van der Waals surface area contributed by atoms with Crippen LogP contribution in [0, 0.1) is 13.8 Å². The van der Waals surface area contributed by atoms with Gasteiger partial charge in [-0.05, 0) is 38.0 Å². The van der Waals surface area contributed by atoms with Gasteiger partial charge in [0, 0.05) is 23.5 Å². The van der Waals surface area contributed by atoms with Gasteiger partial charge in [0.15, 0.2) is 0 Å². The van der Waals surface area contributed by atoms with Crippen LogP contribution in [-0.4, -0.2) is 0 Å². The molecule has 0 amide bonds. The molecule has 0 saturated heterocycles.